The number of aromatic nitrogens is 4. The van der Waals surface area contributed by atoms with Gasteiger partial charge in [-0.25, -0.2) is 19.9 Å². The Morgan fingerprint density at radius 3 is 2.64 bits per heavy atom. The van der Waals surface area contributed by atoms with E-state index in [1.165, 1.54) is 0 Å². The van der Waals surface area contributed by atoms with Crippen molar-refractivity contribution in [3.8, 4) is 0 Å². The first-order chi connectivity index (χ1) is 13.8. The van der Waals surface area contributed by atoms with Crippen molar-refractivity contribution in [3.05, 3.63) is 30.9 Å². The van der Waals surface area contributed by atoms with Gasteiger partial charge in [-0.15, -0.1) is 0 Å². The molecular formula is C19H28N8O. The smallest absolute Gasteiger partial charge is 0.225 e. The highest BCUT2D eigenvalue weighted by Gasteiger charge is 2.25. The largest absolute Gasteiger partial charge is 0.394 e. The fourth-order valence-electron chi connectivity index (χ4n) is 3.90. The van der Waals surface area contributed by atoms with Crippen LogP contribution in [0.4, 0.5) is 17.6 Å². The van der Waals surface area contributed by atoms with Crippen molar-refractivity contribution in [1.29, 1.82) is 0 Å². The monoisotopic (exact) mass is 384 g/mol. The van der Waals surface area contributed by atoms with Crippen molar-refractivity contribution in [2.45, 2.75) is 18.9 Å². The van der Waals surface area contributed by atoms with E-state index in [0.717, 1.165) is 76.2 Å². The highest BCUT2D eigenvalue weighted by Crippen LogP contribution is 2.24. The van der Waals surface area contributed by atoms with Crippen LogP contribution in [-0.4, -0.2) is 88.4 Å². The van der Waals surface area contributed by atoms with E-state index in [-0.39, 0.29) is 12.6 Å². The Labute approximate surface area is 165 Å². The maximum absolute atomic E-state index is 9.53. The molecule has 2 aromatic rings. The van der Waals surface area contributed by atoms with E-state index in [2.05, 4.69) is 40.0 Å². The molecule has 9 nitrogen and oxygen atoms in total. The third-order valence-electron chi connectivity index (χ3n) is 5.48. The Morgan fingerprint density at radius 1 is 1.04 bits per heavy atom. The van der Waals surface area contributed by atoms with E-state index < -0.39 is 0 Å². The van der Waals surface area contributed by atoms with Crippen LogP contribution in [0.2, 0.25) is 0 Å². The van der Waals surface area contributed by atoms with Gasteiger partial charge in [0.25, 0.3) is 0 Å². The highest BCUT2D eigenvalue weighted by molar-refractivity contribution is 5.49. The van der Waals surface area contributed by atoms with Crippen LogP contribution in [0.5, 0.6) is 0 Å². The Balaban J connectivity index is 1.23. The molecule has 0 spiro atoms. The molecule has 0 amide bonds. The number of piperazine rings is 1. The van der Waals surface area contributed by atoms with Gasteiger partial charge in [0.1, 0.15) is 18.0 Å². The zero-order valence-corrected chi connectivity index (χ0v) is 16.1. The third kappa shape index (κ3) is 4.48. The van der Waals surface area contributed by atoms with E-state index in [4.69, 9.17) is 0 Å². The quantitative estimate of drug-likeness (QED) is 0.706. The molecule has 0 radical (unpaired) electrons. The third-order valence-corrected chi connectivity index (χ3v) is 5.48. The van der Waals surface area contributed by atoms with Gasteiger partial charge in [-0.1, -0.05) is 0 Å². The summed E-state index contributed by atoms with van der Waals surface area (Å²) in [6.45, 7) is 6.80. The van der Waals surface area contributed by atoms with E-state index >= 15 is 0 Å². The standard InChI is InChI=1S/C19H28N8O/c28-14-16-3-1-7-27(16)18-13-17(23-15-24-18)20-6-8-25-9-11-26(12-10-25)19-21-4-2-5-22-19/h2,4-5,13,15-16,28H,1,3,6-12,14H2,(H,20,23,24). The number of aliphatic hydroxyl groups is 1. The summed E-state index contributed by atoms with van der Waals surface area (Å²) in [4.78, 5) is 24.2. The zero-order valence-electron chi connectivity index (χ0n) is 16.1. The number of hydrogen-bond donors (Lipinski definition) is 2. The average Bonchev–Trinajstić information content (AvgIpc) is 3.24. The molecule has 2 saturated heterocycles. The topological polar surface area (TPSA) is 93.5 Å². The van der Waals surface area contributed by atoms with Gasteiger partial charge < -0.3 is 20.2 Å². The first kappa shape index (κ1) is 18.8. The van der Waals surface area contributed by atoms with Crippen LogP contribution in [0.25, 0.3) is 0 Å². The van der Waals surface area contributed by atoms with E-state index in [9.17, 15) is 5.11 Å². The lowest BCUT2D eigenvalue weighted by Gasteiger charge is -2.34. The lowest BCUT2D eigenvalue weighted by molar-refractivity contribution is 0.265. The Hall–Kier alpha value is -2.52. The minimum absolute atomic E-state index is 0.173. The van der Waals surface area contributed by atoms with Gasteiger partial charge in [-0.05, 0) is 18.9 Å². The first-order valence-corrected chi connectivity index (χ1v) is 10.0. The molecule has 1 unspecified atom stereocenters. The molecule has 1 atom stereocenters. The maximum Gasteiger partial charge on any atom is 0.225 e. The van der Waals surface area contributed by atoms with Gasteiger partial charge in [-0.2, -0.15) is 0 Å². The summed E-state index contributed by atoms with van der Waals surface area (Å²) in [5.41, 5.74) is 0. The normalized spacial score (nSPS) is 20.5. The fraction of sp³-hybridized carbons (Fsp3) is 0.579. The molecule has 2 aliphatic heterocycles. The molecule has 150 valence electrons. The SMILES string of the molecule is OCC1CCCN1c1cc(NCCN2CCN(c3ncccn3)CC2)ncn1. The molecule has 28 heavy (non-hydrogen) atoms. The maximum atomic E-state index is 9.53. The number of nitrogens with zero attached hydrogens (tertiary/aromatic N) is 7. The predicted molar refractivity (Wildman–Crippen MR) is 109 cm³/mol. The van der Waals surface area contributed by atoms with Crippen molar-refractivity contribution in [3.63, 3.8) is 0 Å². The lowest BCUT2D eigenvalue weighted by Crippen LogP contribution is -2.48. The predicted octanol–water partition coefficient (Wildman–Crippen LogP) is 0.462. The molecule has 9 heteroatoms. The number of hydrogen-bond acceptors (Lipinski definition) is 9. The highest BCUT2D eigenvalue weighted by atomic mass is 16.3. The molecule has 0 saturated carbocycles. The Kier molecular flexibility index (Phi) is 6.13. The summed E-state index contributed by atoms with van der Waals surface area (Å²) in [5, 5.41) is 12.9. The summed E-state index contributed by atoms with van der Waals surface area (Å²) in [7, 11) is 0. The second kappa shape index (κ2) is 9.11. The van der Waals surface area contributed by atoms with Crippen LogP contribution in [0.3, 0.4) is 0 Å². The summed E-state index contributed by atoms with van der Waals surface area (Å²) >= 11 is 0. The van der Waals surface area contributed by atoms with Gasteiger partial charge in [0.05, 0.1) is 12.6 Å². The molecule has 4 heterocycles. The van der Waals surface area contributed by atoms with Crippen molar-refractivity contribution in [2.75, 3.05) is 67.5 Å². The van der Waals surface area contributed by atoms with Crippen LogP contribution < -0.4 is 15.1 Å². The molecule has 2 fully saturated rings. The molecule has 2 aromatic heterocycles. The minimum Gasteiger partial charge on any atom is -0.394 e. The van der Waals surface area contributed by atoms with Gasteiger partial charge >= 0.3 is 0 Å². The van der Waals surface area contributed by atoms with Crippen LogP contribution in [0.1, 0.15) is 12.8 Å². The van der Waals surface area contributed by atoms with E-state index in [1.54, 1.807) is 18.7 Å². The molecule has 4 rings (SSSR count). The number of nitrogens with one attached hydrogen (secondary N) is 1. The number of aliphatic hydroxyl groups excluding tert-OH is 1. The van der Waals surface area contributed by atoms with E-state index in [0.29, 0.717) is 0 Å². The number of rotatable bonds is 7. The van der Waals surface area contributed by atoms with Crippen LogP contribution in [-0.2, 0) is 0 Å². The molecular weight excluding hydrogens is 356 g/mol. The van der Waals surface area contributed by atoms with Crippen molar-refractivity contribution < 1.29 is 5.11 Å². The van der Waals surface area contributed by atoms with Crippen LogP contribution in [0, 0.1) is 0 Å². The summed E-state index contributed by atoms with van der Waals surface area (Å²) in [6, 6.07) is 4.00. The van der Waals surface area contributed by atoms with Gasteiger partial charge in [0.2, 0.25) is 5.95 Å². The fourth-order valence-corrected chi connectivity index (χ4v) is 3.90. The van der Waals surface area contributed by atoms with E-state index in [1.807, 2.05) is 12.1 Å². The van der Waals surface area contributed by atoms with Crippen LogP contribution in [0.15, 0.2) is 30.9 Å². The molecule has 0 aromatic carbocycles. The Bertz CT molecular complexity index is 738. The molecule has 2 N–H and O–H groups in total. The first-order valence-electron chi connectivity index (χ1n) is 10.0. The zero-order chi connectivity index (χ0) is 19.2. The lowest BCUT2D eigenvalue weighted by atomic mass is 10.2. The Morgan fingerprint density at radius 2 is 1.86 bits per heavy atom. The van der Waals surface area contributed by atoms with Gasteiger partial charge in [0, 0.05) is 64.3 Å². The van der Waals surface area contributed by atoms with Gasteiger partial charge in [-0.3, -0.25) is 4.90 Å². The minimum atomic E-state index is 0.173. The van der Waals surface area contributed by atoms with Gasteiger partial charge in [0.15, 0.2) is 0 Å². The summed E-state index contributed by atoms with van der Waals surface area (Å²) in [5.74, 6) is 2.55. The van der Waals surface area contributed by atoms with Crippen molar-refractivity contribution in [1.82, 2.24) is 24.8 Å². The second-order valence-electron chi connectivity index (χ2n) is 7.24. The van der Waals surface area contributed by atoms with Crippen molar-refractivity contribution >= 4 is 17.6 Å². The second-order valence-corrected chi connectivity index (χ2v) is 7.24. The molecule has 0 bridgehead atoms. The molecule has 0 aliphatic carbocycles. The summed E-state index contributed by atoms with van der Waals surface area (Å²) < 4.78 is 0. The van der Waals surface area contributed by atoms with Crippen molar-refractivity contribution in [2.24, 2.45) is 0 Å². The van der Waals surface area contributed by atoms with Crippen LogP contribution >= 0.6 is 0 Å². The average molecular weight is 384 g/mol. The summed E-state index contributed by atoms with van der Waals surface area (Å²) in [6.07, 6.45) is 7.29. The molecule has 2 aliphatic rings. The number of anilines is 3.